The molecule has 3 rings (SSSR count). The number of H-pyrrole nitrogens is 1. The number of para-hydroxylation sites is 1. The summed E-state index contributed by atoms with van der Waals surface area (Å²) >= 11 is 0. The van der Waals surface area contributed by atoms with Crippen LogP contribution in [0.1, 0.15) is 10.4 Å². The van der Waals surface area contributed by atoms with Gasteiger partial charge in [-0.3, -0.25) is 9.00 Å². The highest BCUT2D eigenvalue weighted by molar-refractivity contribution is 7.85. The van der Waals surface area contributed by atoms with Crippen LogP contribution >= 0.6 is 0 Å². The minimum absolute atomic E-state index is 0.0316. The molecule has 0 atom stereocenters. The van der Waals surface area contributed by atoms with Crippen LogP contribution in [0.4, 0.5) is 0 Å². The smallest absolute Gasteiger partial charge is 0.256 e. The Hall–Kier alpha value is -1.62. The van der Waals surface area contributed by atoms with Gasteiger partial charge in [0, 0.05) is 52.5 Å². The number of amides is 1. The zero-order valence-electron chi connectivity index (χ0n) is 9.89. The van der Waals surface area contributed by atoms with Crippen LogP contribution in [0.2, 0.25) is 0 Å². The largest absolute Gasteiger partial charge is 0.360 e. The van der Waals surface area contributed by atoms with E-state index in [1.54, 1.807) is 11.1 Å². The number of rotatable bonds is 1. The van der Waals surface area contributed by atoms with Crippen LogP contribution in [0.15, 0.2) is 30.5 Å². The van der Waals surface area contributed by atoms with E-state index in [-0.39, 0.29) is 5.91 Å². The molecule has 4 nitrogen and oxygen atoms in total. The number of aromatic amines is 1. The Morgan fingerprint density at radius 2 is 1.94 bits per heavy atom. The fraction of sp³-hybridized carbons (Fsp3) is 0.308. The minimum atomic E-state index is -0.753. The first-order valence-electron chi connectivity index (χ1n) is 5.96. The van der Waals surface area contributed by atoms with E-state index in [0.29, 0.717) is 30.2 Å². The molecule has 0 saturated carbocycles. The van der Waals surface area contributed by atoms with Crippen LogP contribution in [0, 0.1) is 0 Å². The van der Waals surface area contributed by atoms with Crippen LogP contribution < -0.4 is 0 Å². The van der Waals surface area contributed by atoms with Crippen molar-refractivity contribution in [1.29, 1.82) is 0 Å². The molecule has 1 aromatic carbocycles. The van der Waals surface area contributed by atoms with Crippen molar-refractivity contribution < 1.29 is 9.00 Å². The van der Waals surface area contributed by atoms with E-state index in [1.807, 2.05) is 24.3 Å². The maximum atomic E-state index is 12.4. The van der Waals surface area contributed by atoms with Crippen molar-refractivity contribution in [1.82, 2.24) is 9.88 Å². The first-order valence-corrected chi connectivity index (χ1v) is 7.45. The second kappa shape index (κ2) is 4.57. The SMILES string of the molecule is O=C(c1c[nH]c2ccccc12)N1CCS(=O)CC1. The van der Waals surface area contributed by atoms with Gasteiger partial charge in [-0.05, 0) is 6.07 Å². The van der Waals surface area contributed by atoms with Gasteiger partial charge in [0.15, 0.2) is 0 Å². The molecule has 0 spiro atoms. The van der Waals surface area contributed by atoms with Crippen LogP contribution in [-0.4, -0.2) is 44.6 Å². The van der Waals surface area contributed by atoms with Gasteiger partial charge in [-0.25, -0.2) is 0 Å². The zero-order chi connectivity index (χ0) is 12.5. The number of carbonyl (C=O) groups excluding carboxylic acids is 1. The van der Waals surface area contributed by atoms with Crippen molar-refractivity contribution in [2.75, 3.05) is 24.6 Å². The molecule has 0 bridgehead atoms. The van der Waals surface area contributed by atoms with Gasteiger partial charge in [0.1, 0.15) is 0 Å². The molecule has 5 heteroatoms. The molecule has 1 aliphatic heterocycles. The Balaban J connectivity index is 1.90. The molecule has 1 aliphatic rings. The summed E-state index contributed by atoms with van der Waals surface area (Å²) in [5, 5.41) is 0.953. The molecule has 18 heavy (non-hydrogen) atoms. The summed E-state index contributed by atoms with van der Waals surface area (Å²) in [5.74, 6) is 1.21. The van der Waals surface area contributed by atoms with Gasteiger partial charge >= 0.3 is 0 Å². The van der Waals surface area contributed by atoms with E-state index in [2.05, 4.69) is 4.98 Å². The lowest BCUT2D eigenvalue weighted by Gasteiger charge is -2.26. The third kappa shape index (κ3) is 1.95. The lowest BCUT2D eigenvalue weighted by atomic mass is 10.1. The molecule has 1 amide bonds. The summed E-state index contributed by atoms with van der Waals surface area (Å²) in [6.45, 7) is 1.18. The molecule has 1 aromatic heterocycles. The Morgan fingerprint density at radius 3 is 2.72 bits per heavy atom. The van der Waals surface area contributed by atoms with Gasteiger partial charge < -0.3 is 9.88 Å². The second-order valence-electron chi connectivity index (χ2n) is 4.39. The second-order valence-corrected chi connectivity index (χ2v) is 6.08. The number of aromatic nitrogens is 1. The highest BCUT2D eigenvalue weighted by Gasteiger charge is 2.23. The molecule has 0 radical (unpaired) electrons. The molecule has 2 heterocycles. The van der Waals surface area contributed by atoms with Gasteiger partial charge in [-0.2, -0.15) is 0 Å². The van der Waals surface area contributed by atoms with Gasteiger partial charge in [0.05, 0.1) is 5.56 Å². The quantitative estimate of drug-likeness (QED) is 0.844. The van der Waals surface area contributed by atoms with Crippen molar-refractivity contribution in [3.63, 3.8) is 0 Å². The summed E-state index contributed by atoms with van der Waals surface area (Å²) in [4.78, 5) is 17.3. The molecule has 1 fully saturated rings. The van der Waals surface area contributed by atoms with Gasteiger partial charge in [0.25, 0.3) is 5.91 Å². The third-order valence-electron chi connectivity index (χ3n) is 3.28. The van der Waals surface area contributed by atoms with E-state index in [9.17, 15) is 9.00 Å². The van der Waals surface area contributed by atoms with Crippen LogP contribution in [0.25, 0.3) is 10.9 Å². The molecule has 94 valence electrons. The number of fused-ring (bicyclic) bond motifs is 1. The lowest BCUT2D eigenvalue weighted by Crippen LogP contribution is -2.41. The van der Waals surface area contributed by atoms with Crippen molar-refractivity contribution in [3.8, 4) is 0 Å². The van der Waals surface area contributed by atoms with E-state index in [1.165, 1.54) is 0 Å². The van der Waals surface area contributed by atoms with Crippen LogP contribution in [0.3, 0.4) is 0 Å². The van der Waals surface area contributed by atoms with E-state index in [4.69, 9.17) is 0 Å². The normalized spacial score (nSPS) is 17.2. The van der Waals surface area contributed by atoms with Crippen molar-refractivity contribution in [2.24, 2.45) is 0 Å². The Morgan fingerprint density at radius 1 is 1.22 bits per heavy atom. The van der Waals surface area contributed by atoms with Crippen LogP contribution in [-0.2, 0) is 10.8 Å². The number of nitrogens with one attached hydrogen (secondary N) is 1. The first kappa shape index (κ1) is 11.5. The maximum Gasteiger partial charge on any atom is 0.256 e. The van der Waals surface area contributed by atoms with Crippen molar-refractivity contribution >= 4 is 27.6 Å². The third-order valence-corrected chi connectivity index (χ3v) is 4.56. The lowest BCUT2D eigenvalue weighted by molar-refractivity contribution is 0.0773. The topological polar surface area (TPSA) is 53.2 Å². The molecular weight excluding hydrogens is 248 g/mol. The van der Waals surface area contributed by atoms with Gasteiger partial charge in [-0.1, -0.05) is 18.2 Å². The first-order chi connectivity index (χ1) is 8.75. The molecule has 1 N–H and O–H groups in total. The number of carbonyl (C=O) groups is 1. The average molecular weight is 262 g/mol. The summed E-state index contributed by atoms with van der Waals surface area (Å²) in [6.07, 6.45) is 1.76. The Labute approximate surface area is 107 Å². The Kier molecular flexibility index (Phi) is 2.91. The monoisotopic (exact) mass is 262 g/mol. The summed E-state index contributed by atoms with van der Waals surface area (Å²) < 4.78 is 11.3. The molecule has 0 aliphatic carbocycles. The van der Waals surface area contributed by atoms with Crippen molar-refractivity contribution in [3.05, 3.63) is 36.0 Å². The summed E-state index contributed by atoms with van der Waals surface area (Å²) in [5.41, 5.74) is 1.68. The molecule has 0 unspecified atom stereocenters. The summed E-state index contributed by atoms with van der Waals surface area (Å²) in [7, 11) is -0.753. The standard InChI is InChI=1S/C13H14N2O2S/c16-13(15-5-7-18(17)8-6-15)11-9-14-12-4-2-1-3-10(11)12/h1-4,9,14H,5-8H2. The Bertz CT molecular complexity index is 610. The van der Waals surface area contributed by atoms with Crippen LogP contribution in [0.5, 0.6) is 0 Å². The predicted octanol–water partition coefficient (Wildman–Crippen LogP) is 1.37. The zero-order valence-corrected chi connectivity index (χ0v) is 10.7. The molecule has 1 saturated heterocycles. The van der Waals surface area contributed by atoms with E-state index >= 15 is 0 Å². The van der Waals surface area contributed by atoms with Crippen molar-refractivity contribution in [2.45, 2.75) is 0 Å². The number of nitrogens with zero attached hydrogens (tertiary/aromatic N) is 1. The van der Waals surface area contributed by atoms with Gasteiger partial charge in [0.2, 0.25) is 0 Å². The fourth-order valence-electron chi connectivity index (χ4n) is 2.26. The molecule has 2 aromatic rings. The maximum absolute atomic E-state index is 12.4. The number of hydrogen-bond acceptors (Lipinski definition) is 2. The predicted molar refractivity (Wildman–Crippen MR) is 72.1 cm³/mol. The fourth-order valence-corrected chi connectivity index (χ4v) is 3.31. The van der Waals surface area contributed by atoms with Gasteiger partial charge in [-0.15, -0.1) is 0 Å². The highest BCUT2D eigenvalue weighted by atomic mass is 32.2. The summed E-state index contributed by atoms with van der Waals surface area (Å²) in [6, 6.07) is 7.77. The van der Waals surface area contributed by atoms with E-state index < -0.39 is 10.8 Å². The van der Waals surface area contributed by atoms with E-state index in [0.717, 1.165) is 10.9 Å². The molecular formula is C13H14N2O2S. The minimum Gasteiger partial charge on any atom is -0.360 e. The number of hydrogen-bond donors (Lipinski definition) is 1. The average Bonchev–Trinajstić information content (AvgIpc) is 2.82. The highest BCUT2D eigenvalue weighted by Crippen LogP contribution is 2.19. The number of benzene rings is 1.